The second-order valence-electron chi connectivity index (χ2n) is 12.5. The van der Waals surface area contributed by atoms with Crippen molar-refractivity contribution in [2.75, 3.05) is 0 Å². The number of hydrogen-bond donors (Lipinski definition) is 3. The van der Waals surface area contributed by atoms with Crippen LogP contribution in [0, 0.1) is 40.4 Å². The molecule has 0 spiro atoms. The van der Waals surface area contributed by atoms with Crippen LogP contribution in [0.4, 0.5) is 0 Å². The van der Waals surface area contributed by atoms with Crippen LogP contribution in [0.5, 0.6) is 0 Å². The Labute approximate surface area is 184 Å². The lowest BCUT2D eigenvalue weighted by Crippen LogP contribution is -2.55. The Bertz CT molecular complexity index is 667. The molecule has 0 aromatic carbocycles. The van der Waals surface area contributed by atoms with Gasteiger partial charge in [-0.25, -0.2) is 0 Å². The number of aliphatic hydroxyl groups excluding tert-OH is 2. The number of allylic oxidation sites excluding steroid dienone is 1. The zero-order valence-corrected chi connectivity index (χ0v) is 20.0. The minimum Gasteiger partial charge on any atom is -0.393 e. The zero-order valence-electron chi connectivity index (χ0n) is 20.0. The van der Waals surface area contributed by atoms with Crippen molar-refractivity contribution < 1.29 is 15.3 Å². The maximum absolute atomic E-state index is 11.6. The van der Waals surface area contributed by atoms with E-state index in [-0.39, 0.29) is 22.9 Å². The van der Waals surface area contributed by atoms with E-state index in [9.17, 15) is 15.3 Å². The Morgan fingerprint density at radius 2 is 1.80 bits per heavy atom. The molecule has 30 heavy (non-hydrogen) atoms. The van der Waals surface area contributed by atoms with Crippen molar-refractivity contribution in [3.63, 3.8) is 0 Å². The highest BCUT2D eigenvalue weighted by molar-refractivity contribution is 5.25. The van der Waals surface area contributed by atoms with E-state index >= 15 is 0 Å². The van der Waals surface area contributed by atoms with Crippen molar-refractivity contribution in [2.24, 2.45) is 40.4 Å². The fourth-order valence-electron chi connectivity index (χ4n) is 8.62. The molecule has 4 aliphatic rings. The molecule has 3 fully saturated rings. The summed E-state index contributed by atoms with van der Waals surface area (Å²) in [4.78, 5) is 0. The van der Waals surface area contributed by atoms with Gasteiger partial charge in [0.2, 0.25) is 0 Å². The third-order valence-corrected chi connectivity index (χ3v) is 10.5. The molecule has 3 saturated carbocycles. The Morgan fingerprint density at radius 1 is 1.07 bits per heavy atom. The normalized spacial score (nSPS) is 46.4. The van der Waals surface area contributed by atoms with Crippen molar-refractivity contribution in [3.8, 4) is 0 Å². The van der Waals surface area contributed by atoms with Gasteiger partial charge in [0, 0.05) is 0 Å². The second-order valence-corrected chi connectivity index (χ2v) is 12.5. The quantitative estimate of drug-likeness (QED) is 0.519. The van der Waals surface area contributed by atoms with Gasteiger partial charge in [-0.3, -0.25) is 0 Å². The van der Waals surface area contributed by atoms with E-state index in [1.165, 1.54) is 24.8 Å². The SMILES string of the molecule is CC(C)CC[C@H](O)[C@@](C)(O)[C@H]1CC[C@H]2[C@@H]3CC=C4C[C@@H](O)CC[C@@]4(C)[C@H]3CC[C@]12C. The van der Waals surface area contributed by atoms with Crippen LogP contribution in [0.1, 0.15) is 98.8 Å². The van der Waals surface area contributed by atoms with E-state index in [0.29, 0.717) is 24.2 Å². The molecule has 0 aliphatic heterocycles. The van der Waals surface area contributed by atoms with E-state index in [1.807, 2.05) is 6.92 Å². The van der Waals surface area contributed by atoms with Crippen molar-refractivity contribution in [1.29, 1.82) is 0 Å². The molecule has 0 aromatic heterocycles. The third-order valence-electron chi connectivity index (χ3n) is 10.5. The summed E-state index contributed by atoms with van der Waals surface area (Å²) in [7, 11) is 0. The van der Waals surface area contributed by atoms with Gasteiger partial charge in [0.05, 0.1) is 17.8 Å². The van der Waals surface area contributed by atoms with E-state index in [1.54, 1.807) is 0 Å². The molecule has 0 radical (unpaired) electrons. The molecule has 0 amide bonds. The fraction of sp³-hybridized carbons (Fsp3) is 0.926. The predicted octanol–water partition coefficient (Wildman–Crippen LogP) is 5.47. The van der Waals surface area contributed by atoms with Gasteiger partial charge in [0.15, 0.2) is 0 Å². The molecular formula is C27H46O3. The van der Waals surface area contributed by atoms with E-state index in [0.717, 1.165) is 44.4 Å². The van der Waals surface area contributed by atoms with Crippen LogP contribution < -0.4 is 0 Å². The summed E-state index contributed by atoms with van der Waals surface area (Å²) < 4.78 is 0. The molecule has 3 nitrogen and oxygen atoms in total. The summed E-state index contributed by atoms with van der Waals surface area (Å²) in [6.45, 7) is 11.2. The van der Waals surface area contributed by atoms with Crippen molar-refractivity contribution in [2.45, 2.75) is 117 Å². The summed E-state index contributed by atoms with van der Waals surface area (Å²) in [6.07, 6.45) is 12.1. The topological polar surface area (TPSA) is 60.7 Å². The predicted molar refractivity (Wildman–Crippen MR) is 122 cm³/mol. The molecule has 4 rings (SSSR count). The Hall–Kier alpha value is -0.380. The first-order chi connectivity index (χ1) is 14.0. The summed E-state index contributed by atoms with van der Waals surface area (Å²) in [5.74, 6) is 2.80. The van der Waals surface area contributed by atoms with Crippen LogP contribution in [0.3, 0.4) is 0 Å². The lowest BCUT2D eigenvalue weighted by atomic mass is 9.46. The van der Waals surface area contributed by atoms with Crippen molar-refractivity contribution in [3.05, 3.63) is 11.6 Å². The van der Waals surface area contributed by atoms with Gasteiger partial charge in [-0.15, -0.1) is 0 Å². The number of hydrogen-bond acceptors (Lipinski definition) is 3. The summed E-state index contributed by atoms with van der Waals surface area (Å²) in [5, 5.41) is 32.7. The molecule has 0 aromatic rings. The maximum Gasteiger partial charge on any atom is 0.0910 e. The molecular weight excluding hydrogens is 372 g/mol. The van der Waals surface area contributed by atoms with Gasteiger partial charge in [0.1, 0.15) is 0 Å². The fourth-order valence-corrected chi connectivity index (χ4v) is 8.62. The van der Waals surface area contributed by atoms with Gasteiger partial charge >= 0.3 is 0 Å². The van der Waals surface area contributed by atoms with Crippen LogP contribution in [0.25, 0.3) is 0 Å². The Kier molecular flexibility index (Phi) is 5.99. The molecule has 0 saturated heterocycles. The monoisotopic (exact) mass is 418 g/mol. The molecule has 4 aliphatic carbocycles. The molecule has 0 unspecified atom stereocenters. The number of rotatable bonds is 5. The number of aliphatic hydroxyl groups is 3. The van der Waals surface area contributed by atoms with Crippen molar-refractivity contribution >= 4 is 0 Å². The standard InChI is InChI=1S/C27H46O3/c1-17(2)6-11-24(29)27(5,30)23-10-9-21-20-8-7-18-16-19(28)12-14-25(18,3)22(20)13-15-26(21,23)4/h7,17,19-24,28-30H,6,8-16H2,1-5H3/t19-,20-,21-,22-,23-,24-,25+,26-,27-/m0/s1. The summed E-state index contributed by atoms with van der Waals surface area (Å²) in [6, 6.07) is 0. The summed E-state index contributed by atoms with van der Waals surface area (Å²) in [5.41, 5.74) is 0.914. The average Bonchev–Trinajstić information content (AvgIpc) is 3.04. The smallest absolute Gasteiger partial charge is 0.0910 e. The van der Waals surface area contributed by atoms with Crippen LogP contribution in [0.2, 0.25) is 0 Å². The highest BCUT2D eigenvalue weighted by Gasteiger charge is 2.62. The highest BCUT2D eigenvalue weighted by atomic mass is 16.3. The van der Waals surface area contributed by atoms with E-state index in [4.69, 9.17) is 0 Å². The van der Waals surface area contributed by atoms with Gasteiger partial charge in [-0.2, -0.15) is 0 Å². The van der Waals surface area contributed by atoms with Crippen LogP contribution >= 0.6 is 0 Å². The second kappa shape index (κ2) is 7.89. The molecule has 9 atom stereocenters. The lowest BCUT2D eigenvalue weighted by molar-refractivity contribution is -0.151. The maximum atomic E-state index is 11.6. The third kappa shape index (κ3) is 3.52. The van der Waals surface area contributed by atoms with Crippen LogP contribution in [0.15, 0.2) is 11.6 Å². The van der Waals surface area contributed by atoms with Gasteiger partial charge < -0.3 is 15.3 Å². The first kappa shape index (κ1) is 22.8. The Morgan fingerprint density at radius 3 is 2.50 bits per heavy atom. The van der Waals surface area contributed by atoms with Crippen LogP contribution in [-0.4, -0.2) is 33.1 Å². The van der Waals surface area contributed by atoms with Gasteiger partial charge in [-0.05, 0) is 112 Å². The molecule has 0 heterocycles. The molecule has 172 valence electrons. The van der Waals surface area contributed by atoms with Crippen LogP contribution in [-0.2, 0) is 0 Å². The largest absolute Gasteiger partial charge is 0.393 e. The molecule has 0 bridgehead atoms. The number of fused-ring (bicyclic) bond motifs is 5. The van der Waals surface area contributed by atoms with E-state index in [2.05, 4.69) is 33.8 Å². The first-order valence-electron chi connectivity index (χ1n) is 12.8. The van der Waals surface area contributed by atoms with Crippen molar-refractivity contribution in [1.82, 2.24) is 0 Å². The Balaban J connectivity index is 1.55. The highest BCUT2D eigenvalue weighted by Crippen LogP contribution is 2.67. The lowest BCUT2D eigenvalue weighted by Gasteiger charge is -2.59. The first-order valence-corrected chi connectivity index (χ1v) is 12.8. The summed E-state index contributed by atoms with van der Waals surface area (Å²) >= 11 is 0. The minimum atomic E-state index is -1.00. The van der Waals surface area contributed by atoms with Gasteiger partial charge in [-0.1, -0.05) is 39.3 Å². The molecule has 3 N–H and O–H groups in total. The van der Waals surface area contributed by atoms with Gasteiger partial charge in [0.25, 0.3) is 0 Å². The molecule has 3 heteroatoms. The average molecular weight is 419 g/mol. The zero-order chi connectivity index (χ0) is 21.9. The van der Waals surface area contributed by atoms with E-state index < -0.39 is 11.7 Å². The minimum absolute atomic E-state index is 0.124.